The standard InChI is InChI=1S/C14H10F5NO3S/c1-24(21,22)20-11-4-2-8(14(17,18)19)6-13(11)23-12-5-3-9(15)7-10(12)16/h2-7,20H,1H3. The third kappa shape index (κ3) is 4.57. The number of rotatable bonds is 4. The normalized spacial score (nSPS) is 12.1. The second-order valence-electron chi connectivity index (χ2n) is 4.76. The van der Waals surface area contributed by atoms with Crippen LogP contribution in [0.2, 0.25) is 0 Å². The molecule has 0 heterocycles. The van der Waals surface area contributed by atoms with E-state index in [1.54, 1.807) is 0 Å². The van der Waals surface area contributed by atoms with Crippen LogP contribution in [0.5, 0.6) is 11.5 Å². The number of nitrogens with one attached hydrogen (secondary N) is 1. The first kappa shape index (κ1) is 18.0. The summed E-state index contributed by atoms with van der Waals surface area (Å²) in [7, 11) is -3.82. The van der Waals surface area contributed by atoms with Crippen molar-refractivity contribution in [2.24, 2.45) is 0 Å². The molecule has 0 unspecified atom stereocenters. The molecule has 0 aliphatic rings. The SMILES string of the molecule is CS(=O)(=O)Nc1ccc(C(F)(F)F)cc1Oc1ccc(F)cc1F. The highest BCUT2D eigenvalue weighted by Gasteiger charge is 2.31. The summed E-state index contributed by atoms with van der Waals surface area (Å²) in [5.41, 5.74) is -1.45. The number of anilines is 1. The third-order valence-corrected chi connectivity index (χ3v) is 3.31. The van der Waals surface area contributed by atoms with Crippen LogP contribution in [0.1, 0.15) is 5.56 Å². The summed E-state index contributed by atoms with van der Waals surface area (Å²) in [5, 5.41) is 0. The Morgan fingerprint density at radius 2 is 1.67 bits per heavy atom. The number of hydrogen-bond donors (Lipinski definition) is 1. The second kappa shape index (κ2) is 6.27. The minimum absolute atomic E-state index is 0.325. The average molecular weight is 367 g/mol. The molecule has 1 N–H and O–H groups in total. The first-order valence-corrected chi connectivity index (χ1v) is 8.17. The van der Waals surface area contributed by atoms with E-state index in [1.807, 2.05) is 4.72 Å². The lowest BCUT2D eigenvalue weighted by molar-refractivity contribution is -0.137. The Morgan fingerprint density at radius 1 is 1.00 bits per heavy atom. The molecule has 0 spiro atoms. The molecule has 0 aromatic heterocycles. The van der Waals surface area contributed by atoms with Gasteiger partial charge in [0, 0.05) is 6.07 Å². The lowest BCUT2D eigenvalue weighted by atomic mass is 10.2. The van der Waals surface area contributed by atoms with Crippen LogP contribution in [-0.2, 0) is 16.2 Å². The zero-order chi connectivity index (χ0) is 18.1. The van der Waals surface area contributed by atoms with E-state index in [4.69, 9.17) is 4.74 Å². The van der Waals surface area contributed by atoms with E-state index in [1.165, 1.54) is 0 Å². The molecular formula is C14H10F5NO3S. The largest absolute Gasteiger partial charge is 0.452 e. The van der Waals surface area contributed by atoms with Gasteiger partial charge in [-0.1, -0.05) is 0 Å². The van der Waals surface area contributed by atoms with Gasteiger partial charge in [-0.3, -0.25) is 4.72 Å². The Morgan fingerprint density at radius 3 is 2.21 bits per heavy atom. The van der Waals surface area contributed by atoms with Gasteiger partial charge in [-0.15, -0.1) is 0 Å². The van der Waals surface area contributed by atoms with Gasteiger partial charge < -0.3 is 4.74 Å². The maximum atomic E-state index is 13.6. The first-order valence-electron chi connectivity index (χ1n) is 6.27. The van der Waals surface area contributed by atoms with Gasteiger partial charge in [0.1, 0.15) is 5.82 Å². The van der Waals surface area contributed by atoms with Crippen molar-refractivity contribution in [3.63, 3.8) is 0 Å². The van der Waals surface area contributed by atoms with Crippen LogP contribution < -0.4 is 9.46 Å². The minimum Gasteiger partial charge on any atom is -0.452 e. The van der Waals surface area contributed by atoms with Gasteiger partial charge in [0.2, 0.25) is 10.0 Å². The van der Waals surface area contributed by atoms with Crippen molar-refractivity contribution in [3.8, 4) is 11.5 Å². The molecule has 2 rings (SSSR count). The highest BCUT2D eigenvalue weighted by molar-refractivity contribution is 7.92. The topological polar surface area (TPSA) is 55.4 Å². The molecule has 0 saturated carbocycles. The van der Waals surface area contributed by atoms with Gasteiger partial charge in [-0.05, 0) is 30.3 Å². The summed E-state index contributed by atoms with van der Waals surface area (Å²) in [6.45, 7) is 0. The van der Waals surface area contributed by atoms with Gasteiger partial charge in [0.15, 0.2) is 17.3 Å². The van der Waals surface area contributed by atoms with Crippen LogP contribution >= 0.6 is 0 Å². The predicted octanol–water partition coefficient (Wildman–Crippen LogP) is 4.15. The van der Waals surface area contributed by atoms with Crippen LogP contribution in [0.15, 0.2) is 36.4 Å². The van der Waals surface area contributed by atoms with E-state index in [2.05, 4.69) is 0 Å². The Kier molecular flexibility index (Phi) is 4.70. The highest BCUT2D eigenvalue weighted by atomic mass is 32.2. The molecule has 0 saturated heterocycles. The van der Waals surface area contributed by atoms with Gasteiger partial charge in [-0.2, -0.15) is 13.2 Å². The number of sulfonamides is 1. The molecule has 4 nitrogen and oxygen atoms in total. The number of hydrogen-bond acceptors (Lipinski definition) is 3. The number of ether oxygens (including phenoxy) is 1. The van der Waals surface area contributed by atoms with Crippen molar-refractivity contribution in [1.29, 1.82) is 0 Å². The lowest BCUT2D eigenvalue weighted by Crippen LogP contribution is -2.12. The molecule has 0 atom stereocenters. The first-order chi connectivity index (χ1) is 11.0. The number of benzene rings is 2. The van der Waals surface area contributed by atoms with E-state index in [9.17, 15) is 30.4 Å². The maximum absolute atomic E-state index is 13.6. The van der Waals surface area contributed by atoms with E-state index < -0.39 is 44.9 Å². The fourth-order valence-corrected chi connectivity index (χ4v) is 2.31. The van der Waals surface area contributed by atoms with Crippen molar-refractivity contribution in [1.82, 2.24) is 0 Å². The molecule has 2 aromatic rings. The molecule has 10 heteroatoms. The summed E-state index contributed by atoms with van der Waals surface area (Å²) in [4.78, 5) is 0. The second-order valence-corrected chi connectivity index (χ2v) is 6.51. The average Bonchev–Trinajstić information content (AvgIpc) is 2.40. The van der Waals surface area contributed by atoms with E-state index >= 15 is 0 Å². The van der Waals surface area contributed by atoms with Crippen molar-refractivity contribution in [3.05, 3.63) is 53.6 Å². The zero-order valence-corrected chi connectivity index (χ0v) is 12.8. The number of alkyl halides is 3. The summed E-state index contributed by atoms with van der Waals surface area (Å²) < 4.78 is 94.4. The molecule has 0 aliphatic carbocycles. The molecule has 0 amide bonds. The lowest BCUT2D eigenvalue weighted by Gasteiger charge is -2.15. The van der Waals surface area contributed by atoms with E-state index in [0.717, 1.165) is 24.5 Å². The Balaban J connectivity index is 2.50. The summed E-state index contributed by atoms with van der Waals surface area (Å²) in [6, 6.07) is 4.18. The van der Waals surface area contributed by atoms with Gasteiger partial charge in [0.25, 0.3) is 0 Å². The van der Waals surface area contributed by atoms with Gasteiger partial charge >= 0.3 is 6.18 Å². The Hall–Kier alpha value is -2.36. The zero-order valence-electron chi connectivity index (χ0n) is 12.0. The number of halogens is 5. The molecule has 0 fully saturated rings. The minimum atomic E-state index is -4.72. The highest BCUT2D eigenvalue weighted by Crippen LogP contribution is 2.38. The van der Waals surface area contributed by atoms with Crippen LogP contribution in [0.3, 0.4) is 0 Å². The quantitative estimate of drug-likeness (QED) is 0.826. The van der Waals surface area contributed by atoms with Crippen molar-refractivity contribution in [2.75, 3.05) is 11.0 Å². The van der Waals surface area contributed by atoms with Crippen molar-refractivity contribution >= 4 is 15.7 Å². The fourth-order valence-electron chi connectivity index (χ4n) is 1.74. The molecule has 2 aromatic carbocycles. The fraction of sp³-hybridized carbons (Fsp3) is 0.143. The molecule has 0 radical (unpaired) electrons. The van der Waals surface area contributed by atoms with Crippen molar-refractivity contribution < 1.29 is 35.1 Å². The molecular weight excluding hydrogens is 357 g/mol. The molecule has 130 valence electrons. The molecule has 0 aliphatic heterocycles. The third-order valence-electron chi connectivity index (χ3n) is 2.72. The van der Waals surface area contributed by atoms with Gasteiger partial charge in [0.05, 0.1) is 17.5 Å². The van der Waals surface area contributed by atoms with Gasteiger partial charge in [-0.25, -0.2) is 17.2 Å². The Bertz CT molecular complexity index is 865. The smallest absolute Gasteiger partial charge is 0.416 e. The monoisotopic (exact) mass is 367 g/mol. The Labute approximate surface area is 133 Å². The summed E-state index contributed by atoms with van der Waals surface area (Å²) in [6.07, 6.45) is -3.93. The van der Waals surface area contributed by atoms with Crippen molar-refractivity contribution in [2.45, 2.75) is 6.18 Å². The van der Waals surface area contributed by atoms with Crippen LogP contribution in [0.4, 0.5) is 27.6 Å². The van der Waals surface area contributed by atoms with Crippen LogP contribution in [0, 0.1) is 11.6 Å². The predicted molar refractivity (Wildman–Crippen MR) is 76.3 cm³/mol. The maximum Gasteiger partial charge on any atom is 0.416 e. The van der Waals surface area contributed by atoms with E-state index in [0.29, 0.717) is 18.2 Å². The molecule has 0 bridgehead atoms. The van der Waals surface area contributed by atoms with Crippen LogP contribution in [0.25, 0.3) is 0 Å². The molecule has 24 heavy (non-hydrogen) atoms. The summed E-state index contributed by atoms with van der Waals surface area (Å²) in [5.74, 6) is -3.20. The summed E-state index contributed by atoms with van der Waals surface area (Å²) >= 11 is 0. The van der Waals surface area contributed by atoms with E-state index in [-0.39, 0.29) is 5.69 Å². The van der Waals surface area contributed by atoms with Crippen LogP contribution in [-0.4, -0.2) is 14.7 Å².